The van der Waals surface area contributed by atoms with Crippen LogP contribution in [0.3, 0.4) is 0 Å². The van der Waals surface area contributed by atoms with Crippen molar-refractivity contribution in [1.82, 2.24) is 4.90 Å². The molecule has 1 saturated carbocycles. The van der Waals surface area contributed by atoms with Crippen LogP contribution in [0.4, 0.5) is 0 Å². The van der Waals surface area contributed by atoms with Gasteiger partial charge in [-0.15, -0.1) is 0 Å². The van der Waals surface area contributed by atoms with Gasteiger partial charge in [-0.3, -0.25) is 9.59 Å². The Balaban J connectivity index is 2.01. The van der Waals surface area contributed by atoms with Crippen molar-refractivity contribution in [2.24, 2.45) is 11.8 Å². The van der Waals surface area contributed by atoms with Crippen molar-refractivity contribution < 1.29 is 14.7 Å². The SMILES string of the molecule is CC1(C)CCN(C(=O)[C@@H]2CCC[C@@H]2C(=O)O)CCS1. The molecule has 2 fully saturated rings. The summed E-state index contributed by atoms with van der Waals surface area (Å²) in [5, 5.41) is 9.19. The van der Waals surface area contributed by atoms with Crippen LogP contribution in [0.2, 0.25) is 0 Å². The fourth-order valence-electron chi connectivity index (χ4n) is 3.03. The van der Waals surface area contributed by atoms with Gasteiger partial charge >= 0.3 is 5.97 Å². The molecule has 2 rings (SSSR count). The van der Waals surface area contributed by atoms with Gasteiger partial charge in [-0.2, -0.15) is 11.8 Å². The van der Waals surface area contributed by atoms with Gasteiger partial charge in [-0.25, -0.2) is 0 Å². The Kier molecular flexibility index (Phi) is 4.43. The van der Waals surface area contributed by atoms with Crippen molar-refractivity contribution in [2.75, 3.05) is 18.8 Å². The lowest BCUT2D eigenvalue weighted by molar-refractivity contribution is -0.149. The number of carbonyl (C=O) groups excluding carboxylic acids is 1. The molecular formula is C14H23NO3S. The molecule has 5 heteroatoms. The molecule has 2 atom stereocenters. The van der Waals surface area contributed by atoms with Crippen molar-refractivity contribution in [1.29, 1.82) is 0 Å². The minimum atomic E-state index is -0.805. The highest BCUT2D eigenvalue weighted by Gasteiger charge is 2.40. The zero-order valence-electron chi connectivity index (χ0n) is 11.7. The molecule has 0 aromatic carbocycles. The lowest BCUT2D eigenvalue weighted by Crippen LogP contribution is -2.40. The fraction of sp³-hybridized carbons (Fsp3) is 0.857. The predicted octanol–water partition coefficient (Wildman–Crippen LogP) is 2.23. The maximum Gasteiger partial charge on any atom is 0.307 e. The molecule has 0 aromatic heterocycles. The molecule has 1 aliphatic carbocycles. The molecule has 1 amide bonds. The first-order valence-corrected chi connectivity index (χ1v) is 8.05. The summed E-state index contributed by atoms with van der Waals surface area (Å²) in [5.41, 5.74) is 0. The number of carbonyl (C=O) groups is 2. The van der Waals surface area contributed by atoms with Crippen LogP contribution in [0.15, 0.2) is 0 Å². The summed E-state index contributed by atoms with van der Waals surface area (Å²) in [6, 6.07) is 0. The second-order valence-electron chi connectivity index (χ2n) is 6.17. The van der Waals surface area contributed by atoms with E-state index in [4.69, 9.17) is 0 Å². The molecule has 19 heavy (non-hydrogen) atoms. The predicted molar refractivity (Wildman–Crippen MR) is 76.2 cm³/mol. The van der Waals surface area contributed by atoms with E-state index >= 15 is 0 Å². The van der Waals surface area contributed by atoms with Gasteiger partial charge in [0, 0.05) is 23.6 Å². The average Bonchev–Trinajstić information content (AvgIpc) is 2.74. The van der Waals surface area contributed by atoms with E-state index in [0.29, 0.717) is 6.42 Å². The van der Waals surface area contributed by atoms with Crippen LogP contribution < -0.4 is 0 Å². The number of hydrogen-bond acceptors (Lipinski definition) is 3. The summed E-state index contributed by atoms with van der Waals surface area (Å²) < 4.78 is 0.219. The molecule has 0 spiro atoms. The third kappa shape index (κ3) is 3.44. The summed E-state index contributed by atoms with van der Waals surface area (Å²) in [7, 11) is 0. The van der Waals surface area contributed by atoms with Crippen LogP contribution in [0.5, 0.6) is 0 Å². The Bertz CT molecular complexity index is 370. The number of amides is 1. The Hall–Kier alpha value is -0.710. The first kappa shape index (κ1) is 14.7. The quantitative estimate of drug-likeness (QED) is 0.845. The summed E-state index contributed by atoms with van der Waals surface area (Å²) in [6.07, 6.45) is 3.23. The van der Waals surface area contributed by atoms with Crippen molar-refractivity contribution in [3.05, 3.63) is 0 Å². The largest absolute Gasteiger partial charge is 0.481 e. The van der Waals surface area contributed by atoms with E-state index in [0.717, 1.165) is 38.1 Å². The molecular weight excluding hydrogens is 262 g/mol. The van der Waals surface area contributed by atoms with Gasteiger partial charge in [0.05, 0.1) is 11.8 Å². The Morgan fingerprint density at radius 1 is 1.21 bits per heavy atom. The second-order valence-corrected chi connectivity index (χ2v) is 7.97. The summed E-state index contributed by atoms with van der Waals surface area (Å²) in [4.78, 5) is 25.6. The van der Waals surface area contributed by atoms with Gasteiger partial charge in [-0.1, -0.05) is 20.3 Å². The Morgan fingerprint density at radius 3 is 2.58 bits per heavy atom. The number of nitrogens with zero attached hydrogens (tertiary/aromatic N) is 1. The lowest BCUT2D eigenvalue weighted by Gasteiger charge is -2.26. The molecule has 4 nitrogen and oxygen atoms in total. The first-order valence-electron chi connectivity index (χ1n) is 7.06. The number of hydrogen-bond donors (Lipinski definition) is 1. The molecule has 1 heterocycles. The van der Waals surface area contributed by atoms with Gasteiger partial charge in [0.2, 0.25) is 5.91 Å². The highest BCUT2D eigenvalue weighted by Crippen LogP contribution is 2.35. The number of carboxylic acids is 1. The highest BCUT2D eigenvalue weighted by atomic mass is 32.2. The summed E-state index contributed by atoms with van der Waals surface area (Å²) >= 11 is 1.90. The molecule has 108 valence electrons. The summed E-state index contributed by atoms with van der Waals surface area (Å²) in [6.45, 7) is 5.94. The van der Waals surface area contributed by atoms with Crippen LogP contribution in [-0.4, -0.2) is 45.5 Å². The van der Waals surface area contributed by atoms with E-state index in [2.05, 4.69) is 13.8 Å². The molecule has 0 bridgehead atoms. The standard InChI is InChI=1S/C14H23NO3S/c1-14(2)6-7-15(8-9-19-14)12(16)10-4-3-5-11(10)13(17)18/h10-11H,3-9H2,1-2H3,(H,17,18)/t10-,11+/m1/s1. The lowest BCUT2D eigenvalue weighted by atomic mass is 9.94. The van der Waals surface area contributed by atoms with E-state index in [1.54, 1.807) is 0 Å². The van der Waals surface area contributed by atoms with Crippen LogP contribution in [0.1, 0.15) is 39.5 Å². The van der Waals surface area contributed by atoms with Crippen molar-refractivity contribution in [3.8, 4) is 0 Å². The maximum absolute atomic E-state index is 12.5. The minimum Gasteiger partial charge on any atom is -0.481 e. The smallest absolute Gasteiger partial charge is 0.307 e. The third-order valence-electron chi connectivity index (χ3n) is 4.30. The normalized spacial score (nSPS) is 30.9. The zero-order chi connectivity index (χ0) is 14.0. The van der Waals surface area contributed by atoms with Crippen molar-refractivity contribution in [2.45, 2.75) is 44.3 Å². The average molecular weight is 285 g/mol. The van der Waals surface area contributed by atoms with Gasteiger partial charge in [-0.05, 0) is 19.3 Å². The molecule has 0 radical (unpaired) electrons. The summed E-state index contributed by atoms with van der Waals surface area (Å²) in [5.74, 6) is -0.535. The fourth-order valence-corrected chi connectivity index (χ4v) is 4.13. The third-order valence-corrected chi connectivity index (χ3v) is 5.67. The van der Waals surface area contributed by atoms with Crippen LogP contribution >= 0.6 is 11.8 Å². The molecule has 1 saturated heterocycles. The Morgan fingerprint density at radius 2 is 1.89 bits per heavy atom. The van der Waals surface area contributed by atoms with Crippen molar-refractivity contribution in [3.63, 3.8) is 0 Å². The van der Waals surface area contributed by atoms with E-state index < -0.39 is 11.9 Å². The minimum absolute atomic E-state index is 0.0724. The van der Waals surface area contributed by atoms with Gasteiger partial charge in [0.15, 0.2) is 0 Å². The zero-order valence-corrected chi connectivity index (χ0v) is 12.5. The monoisotopic (exact) mass is 285 g/mol. The number of aliphatic carboxylic acids is 1. The highest BCUT2D eigenvalue weighted by molar-refractivity contribution is 8.00. The Labute approximate surface area is 118 Å². The number of rotatable bonds is 2. The van der Waals surface area contributed by atoms with Crippen molar-refractivity contribution >= 4 is 23.6 Å². The van der Waals surface area contributed by atoms with Gasteiger partial charge in [0.25, 0.3) is 0 Å². The van der Waals surface area contributed by atoms with Crippen LogP contribution in [0, 0.1) is 11.8 Å². The molecule has 0 unspecified atom stereocenters. The topological polar surface area (TPSA) is 57.6 Å². The van der Waals surface area contributed by atoms with E-state index in [-0.39, 0.29) is 16.6 Å². The van der Waals surface area contributed by atoms with E-state index in [9.17, 15) is 14.7 Å². The van der Waals surface area contributed by atoms with E-state index in [1.807, 2.05) is 16.7 Å². The molecule has 0 aromatic rings. The second kappa shape index (κ2) is 5.73. The number of thioether (sulfide) groups is 1. The maximum atomic E-state index is 12.5. The first-order chi connectivity index (χ1) is 8.91. The van der Waals surface area contributed by atoms with Crippen LogP contribution in [-0.2, 0) is 9.59 Å². The van der Waals surface area contributed by atoms with Gasteiger partial charge in [0.1, 0.15) is 0 Å². The molecule has 1 N–H and O–H groups in total. The van der Waals surface area contributed by atoms with E-state index in [1.165, 1.54) is 0 Å². The molecule has 1 aliphatic heterocycles. The van der Waals surface area contributed by atoms with Crippen LogP contribution in [0.25, 0.3) is 0 Å². The molecule has 2 aliphatic rings. The number of carboxylic acid groups (broad SMARTS) is 1. The van der Waals surface area contributed by atoms with Gasteiger partial charge < -0.3 is 10.0 Å².